The number of carbonyl (C=O) groups excluding carboxylic acids is 4. The standard InChI is InChI=1S/C20H28N4O6/c1-20(2,3)8-17(26)24(11-16(21)25)10-13-6-4-5-7-15(13)23-18(27)22-9-14-12-29-19(28)30-14/h4-7,14H,8-12H2,1-3H3,(H2,21,25)(H2,22,23,27)/t14-/m0/s1. The van der Waals surface area contributed by atoms with Crippen LogP contribution < -0.4 is 16.4 Å². The highest BCUT2D eigenvalue weighted by atomic mass is 16.8. The Morgan fingerprint density at radius 2 is 1.93 bits per heavy atom. The number of amides is 4. The van der Waals surface area contributed by atoms with Crippen molar-refractivity contribution in [2.45, 2.75) is 39.8 Å². The molecule has 1 fully saturated rings. The largest absolute Gasteiger partial charge is 0.508 e. The Kier molecular flexibility index (Phi) is 7.62. The third kappa shape index (κ3) is 7.61. The van der Waals surface area contributed by atoms with Crippen molar-refractivity contribution in [3.05, 3.63) is 29.8 Å². The fourth-order valence-corrected chi connectivity index (χ4v) is 2.81. The monoisotopic (exact) mass is 420 g/mol. The van der Waals surface area contributed by atoms with E-state index in [-0.39, 0.29) is 44.0 Å². The number of para-hydroxylation sites is 1. The molecule has 10 heteroatoms. The zero-order valence-electron chi connectivity index (χ0n) is 17.4. The molecule has 0 spiro atoms. The normalized spacial score (nSPS) is 15.7. The van der Waals surface area contributed by atoms with Gasteiger partial charge >= 0.3 is 12.2 Å². The Hall–Kier alpha value is -3.30. The van der Waals surface area contributed by atoms with Crippen molar-refractivity contribution in [2.75, 3.05) is 25.0 Å². The summed E-state index contributed by atoms with van der Waals surface area (Å²) < 4.78 is 9.51. The minimum absolute atomic E-state index is 0.0770. The van der Waals surface area contributed by atoms with E-state index in [0.29, 0.717) is 11.3 Å². The van der Waals surface area contributed by atoms with Crippen LogP contribution in [0.15, 0.2) is 24.3 Å². The minimum Gasteiger partial charge on any atom is -0.430 e. The second-order valence-corrected chi connectivity index (χ2v) is 8.25. The minimum atomic E-state index is -0.762. The lowest BCUT2D eigenvalue weighted by atomic mass is 9.91. The summed E-state index contributed by atoms with van der Waals surface area (Å²) >= 11 is 0. The van der Waals surface area contributed by atoms with Gasteiger partial charge in [-0.05, 0) is 17.0 Å². The highest BCUT2D eigenvalue weighted by Crippen LogP contribution is 2.22. The molecule has 1 saturated heterocycles. The average molecular weight is 420 g/mol. The first-order valence-electron chi connectivity index (χ1n) is 9.56. The number of primary amides is 1. The van der Waals surface area contributed by atoms with Gasteiger partial charge in [-0.15, -0.1) is 0 Å². The second-order valence-electron chi connectivity index (χ2n) is 8.25. The van der Waals surface area contributed by atoms with E-state index in [0.717, 1.165) is 0 Å². The number of rotatable bonds is 8. The predicted molar refractivity (Wildman–Crippen MR) is 108 cm³/mol. The molecule has 1 heterocycles. The molecule has 30 heavy (non-hydrogen) atoms. The van der Waals surface area contributed by atoms with Crippen molar-refractivity contribution < 1.29 is 28.7 Å². The highest BCUT2D eigenvalue weighted by Gasteiger charge is 2.26. The van der Waals surface area contributed by atoms with Gasteiger partial charge in [0.2, 0.25) is 11.8 Å². The van der Waals surface area contributed by atoms with Crippen LogP contribution in [0.2, 0.25) is 0 Å². The van der Waals surface area contributed by atoms with Gasteiger partial charge < -0.3 is 30.7 Å². The van der Waals surface area contributed by atoms with Gasteiger partial charge in [0.15, 0.2) is 6.10 Å². The molecular formula is C20H28N4O6. The second kappa shape index (κ2) is 9.95. The summed E-state index contributed by atoms with van der Waals surface area (Å²) in [6, 6.07) is 6.43. The summed E-state index contributed by atoms with van der Waals surface area (Å²) in [4.78, 5) is 48.7. The number of hydrogen-bond donors (Lipinski definition) is 3. The fraction of sp³-hybridized carbons (Fsp3) is 0.500. The molecule has 1 aromatic rings. The van der Waals surface area contributed by atoms with E-state index in [1.54, 1.807) is 24.3 Å². The maximum Gasteiger partial charge on any atom is 0.508 e. The van der Waals surface area contributed by atoms with Crippen LogP contribution in [-0.4, -0.2) is 54.7 Å². The quantitative estimate of drug-likeness (QED) is 0.546. The van der Waals surface area contributed by atoms with E-state index >= 15 is 0 Å². The third-order valence-corrected chi connectivity index (χ3v) is 4.15. The lowest BCUT2D eigenvalue weighted by Crippen LogP contribution is -2.40. The van der Waals surface area contributed by atoms with E-state index in [1.807, 2.05) is 20.8 Å². The number of ether oxygens (including phenoxy) is 2. The molecule has 0 bridgehead atoms. The summed E-state index contributed by atoms with van der Waals surface area (Å²) in [7, 11) is 0. The van der Waals surface area contributed by atoms with Crippen LogP contribution in [0.1, 0.15) is 32.8 Å². The molecule has 10 nitrogen and oxygen atoms in total. The van der Waals surface area contributed by atoms with Gasteiger partial charge in [-0.25, -0.2) is 9.59 Å². The number of urea groups is 1. The molecule has 2 rings (SSSR count). The Labute approximate surface area is 175 Å². The van der Waals surface area contributed by atoms with Gasteiger partial charge in [0.1, 0.15) is 6.61 Å². The molecule has 1 aliphatic heterocycles. The van der Waals surface area contributed by atoms with Crippen LogP contribution in [0.5, 0.6) is 0 Å². The van der Waals surface area contributed by atoms with E-state index < -0.39 is 24.2 Å². The molecule has 4 N–H and O–H groups in total. The number of benzene rings is 1. The molecule has 1 aromatic carbocycles. The molecule has 1 aliphatic rings. The third-order valence-electron chi connectivity index (χ3n) is 4.15. The molecule has 0 radical (unpaired) electrons. The average Bonchev–Trinajstić information content (AvgIpc) is 3.04. The van der Waals surface area contributed by atoms with E-state index in [1.165, 1.54) is 4.90 Å². The van der Waals surface area contributed by atoms with Crippen molar-refractivity contribution in [3.63, 3.8) is 0 Å². The van der Waals surface area contributed by atoms with Crippen molar-refractivity contribution in [2.24, 2.45) is 11.1 Å². The van der Waals surface area contributed by atoms with E-state index in [4.69, 9.17) is 10.5 Å². The predicted octanol–water partition coefficient (Wildman–Crippen LogP) is 1.59. The number of nitrogens with one attached hydrogen (secondary N) is 2. The van der Waals surface area contributed by atoms with Crippen molar-refractivity contribution in [3.8, 4) is 0 Å². The molecule has 0 aliphatic carbocycles. The number of cyclic esters (lactones) is 2. The number of anilines is 1. The Morgan fingerprint density at radius 1 is 1.23 bits per heavy atom. The van der Waals surface area contributed by atoms with Gasteiger partial charge in [0.25, 0.3) is 0 Å². The van der Waals surface area contributed by atoms with Crippen LogP contribution in [-0.2, 0) is 25.6 Å². The highest BCUT2D eigenvalue weighted by molar-refractivity contribution is 5.90. The van der Waals surface area contributed by atoms with Gasteiger partial charge in [-0.2, -0.15) is 0 Å². The summed E-state index contributed by atoms with van der Waals surface area (Å²) in [5, 5.41) is 5.30. The van der Waals surface area contributed by atoms with Gasteiger partial charge in [0.05, 0.1) is 13.1 Å². The van der Waals surface area contributed by atoms with Crippen LogP contribution in [0, 0.1) is 5.41 Å². The van der Waals surface area contributed by atoms with Crippen LogP contribution in [0.3, 0.4) is 0 Å². The molecule has 4 amide bonds. The number of nitrogens with two attached hydrogens (primary N) is 1. The summed E-state index contributed by atoms with van der Waals surface area (Å²) in [5.41, 5.74) is 6.19. The number of nitrogens with zero attached hydrogens (tertiary/aromatic N) is 1. The molecule has 0 aromatic heterocycles. The Morgan fingerprint density at radius 3 is 2.53 bits per heavy atom. The lowest BCUT2D eigenvalue weighted by molar-refractivity contribution is -0.137. The van der Waals surface area contributed by atoms with E-state index in [2.05, 4.69) is 15.4 Å². The summed E-state index contributed by atoms with van der Waals surface area (Å²) in [5.74, 6) is -0.822. The van der Waals surface area contributed by atoms with E-state index in [9.17, 15) is 19.2 Å². The SMILES string of the molecule is CC(C)(C)CC(=O)N(CC(N)=O)Cc1ccccc1NC(=O)NC[C@H]1COC(=O)O1. The summed E-state index contributed by atoms with van der Waals surface area (Å²) in [6.07, 6.45) is -1.06. The first kappa shape index (κ1) is 23.0. The first-order valence-corrected chi connectivity index (χ1v) is 9.56. The van der Waals surface area contributed by atoms with Crippen LogP contribution in [0.25, 0.3) is 0 Å². The van der Waals surface area contributed by atoms with Gasteiger partial charge in [0, 0.05) is 18.7 Å². The topological polar surface area (TPSA) is 140 Å². The van der Waals surface area contributed by atoms with Crippen LogP contribution in [0.4, 0.5) is 15.3 Å². The van der Waals surface area contributed by atoms with Gasteiger partial charge in [-0.1, -0.05) is 39.0 Å². The first-order chi connectivity index (χ1) is 14.0. The maximum absolute atomic E-state index is 12.7. The number of hydrogen-bond acceptors (Lipinski definition) is 6. The molecule has 1 atom stereocenters. The Balaban J connectivity index is 2.04. The molecule has 0 saturated carbocycles. The zero-order chi connectivity index (χ0) is 22.3. The lowest BCUT2D eigenvalue weighted by Gasteiger charge is -2.26. The molecule has 164 valence electrons. The smallest absolute Gasteiger partial charge is 0.430 e. The zero-order valence-corrected chi connectivity index (χ0v) is 17.4. The van der Waals surface area contributed by atoms with Crippen LogP contribution >= 0.6 is 0 Å². The Bertz CT molecular complexity index is 805. The number of carbonyl (C=O) groups is 4. The molecular weight excluding hydrogens is 392 g/mol. The van der Waals surface area contributed by atoms with Crippen molar-refractivity contribution in [1.82, 2.24) is 10.2 Å². The summed E-state index contributed by atoms with van der Waals surface area (Å²) in [6.45, 7) is 5.86. The maximum atomic E-state index is 12.7. The van der Waals surface area contributed by atoms with Crippen molar-refractivity contribution in [1.29, 1.82) is 0 Å². The van der Waals surface area contributed by atoms with Crippen molar-refractivity contribution >= 4 is 29.7 Å². The van der Waals surface area contributed by atoms with Gasteiger partial charge in [-0.3, -0.25) is 9.59 Å². The molecule has 0 unspecified atom stereocenters. The fourth-order valence-electron chi connectivity index (χ4n) is 2.81.